The van der Waals surface area contributed by atoms with E-state index in [-0.39, 0.29) is 12.6 Å². The first-order valence-electron chi connectivity index (χ1n) is 4.65. The van der Waals surface area contributed by atoms with Gasteiger partial charge in [0, 0.05) is 12.6 Å². The molecule has 0 radical (unpaired) electrons. The molecule has 0 fully saturated rings. The minimum atomic E-state index is -4.57. The molecule has 0 saturated heterocycles. The van der Waals surface area contributed by atoms with E-state index < -0.39 is 11.8 Å². The van der Waals surface area contributed by atoms with Crippen molar-refractivity contribution >= 4 is 0 Å². The van der Waals surface area contributed by atoms with Gasteiger partial charge in [-0.2, -0.15) is 13.2 Å². The van der Waals surface area contributed by atoms with Gasteiger partial charge in [0.05, 0.1) is 0 Å². The molecule has 0 saturated carbocycles. The molecule has 0 rings (SSSR count). The van der Waals surface area contributed by atoms with Crippen molar-refractivity contribution in [3.63, 3.8) is 0 Å². The summed E-state index contributed by atoms with van der Waals surface area (Å²) in [5, 5.41) is 9.23. The van der Waals surface area contributed by atoms with Crippen LogP contribution in [0.25, 0.3) is 0 Å². The summed E-state index contributed by atoms with van der Waals surface area (Å²) in [7, 11) is 0. The van der Waals surface area contributed by atoms with Crippen molar-refractivity contribution in [1.29, 1.82) is 0 Å². The van der Waals surface area contributed by atoms with Crippen molar-refractivity contribution in [2.45, 2.75) is 45.5 Å². The van der Waals surface area contributed by atoms with Crippen LogP contribution < -0.4 is 0 Å². The first-order chi connectivity index (χ1) is 6.12. The zero-order valence-corrected chi connectivity index (χ0v) is 9.02. The fourth-order valence-corrected chi connectivity index (χ4v) is 1.14. The molecular formula is C9H18F3NO. The minimum Gasteiger partial charge on any atom is -0.380 e. The highest BCUT2D eigenvalue weighted by atomic mass is 19.4. The molecule has 14 heavy (non-hydrogen) atoms. The Morgan fingerprint density at radius 3 is 1.93 bits per heavy atom. The first kappa shape index (κ1) is 13.7. The van der Waals surface area contributed by atoms with Gasteiger partial charge in [0.2, 0.25) is 0 Å². The van der Waals surface area contributed by atoms with Gasteiger partial charge >= 0.3 is 6.18 Å². The average molecular weight is 213 g/mol. The third-order valence-electron chi connectivity index (χ3n) is 2.26. The maximum atomic E-state index is 12.3. The van der Waals surface area contributed by atoms with Crippen molar-refractivity contribution in [3.05, 3.63) is 0 Å². The molecule has 2 nitrogen and oxygen atoms in total. The van der Waals surface area contributed by atoms with E-state index >= 15 is 0 Å². The number of alkyl halides is 3. The molecule has 0 spiro atoms. The van der Waals surface area contributed by atoms with Crippen LogP contribution in [0.3, 0.4) is 0 Å². The van der Waals surface area contributed by atoms with Gasteiger partial charge in [-0.05, 0) is 27.3 Å². The molecule has 0 bridgehead atoms. The van der Waals surface area contributed by atoms with E-state index in [1.165, 1.54) is 0 Å². The lowest BCUT2D eigenvalue weighted by Gasteiger charge is -2.34. The Morgan fingerprint density at radius 2 is 1.71 bits per heavy atom. The molecule has 0 amide bonds. The van der Waals surface area contributed by atoms with Gasteiger partial charge in [-0.1, -0.05) is 6.92 Å². The fourth-order valence-electron chi connectivity index (χ4n) is 1.14. The highest BCUT2D eigenvalue weighted by Crippen LogP contribution is 2.30. The summed E-state index contributed by atoms with van der Waals surface area (Å²) in [5.41, 5.74) is -2.63. The fraction of sp³-hybridized carbons (Fsp3) is 1.00. The monoisotopic (exact) mass is 213 g/mol. The Morgan fingerprint density at radius 1 is 1.29 bits per heavy atom. The number of hydrogen-bond acceptors (Lipinski definition) is 2. The van der Waals surface area contributed by atoms with Crippen LogP contribution >= 0.6 is 0 Å². The summed E-state index contributed by atoms with van der Waals surface area (Å²) in [6, 6.07) is -0.00572. The van der Waals surface area contributed by atoms with Gasteiger partial charge in [0.1, 0.15) is 0 Å². The normalized spacial score (nSPS) is 17.6. The van der Waals surface area contributed by atoms with Crippen LogP contribution in [0.2, 0.25) is 0 Å². The number of likely N-dealkylation sites (N-methyl/N-ethyl adjacent to an activating group) is 1. The van der Waals surface area contributed by atoms with Crippen molar-refractivity contribution in [1.82, 2.24) is 4.90 Å². The molecular weight excluding hydrogens is 195 g/mol. The van der Waals surface area contributed by atoms with Crippen LogP contribution in [0.15, 0.2) is 0 Å². The van der Waals surface area contributed by atoms with Gasteiger partial charge in [-0.25, -0.2) is 0 Å². The van der Waals surface area contributed by atoms with Crippen LogP contribution in [0, 0.1) is 0 Å². The third kappa shape index (κ3) is 3.46. The van der Waals surface area contributed by atoms with Crippen molar-refractivity contribution < 1.29 is 18.3 Å². The molecule has 86 valence electrons. The van der Waals surface area contributed by atoms with Crippen LogP contribution in [-0.2, 0) is 0 Å². The summed E-state index contributed by atoms with van der Waals surface area (Å²) in [5.74, 6) is 0. The predicted octanol–water partition coefficient (Wildman–Crippen LogP) is 2.03. The number of nitrogens with zero attached hydrogens (tertiary/aromatic N) is 1. The van der Waals surface area contributed by atoms with E-state index in [4.69, 9.17) is 0 Å². The molecule has 1 unspecified atom stereocenters. The molecule has 0 aromatic rings. The SMILES string of the molecule is CCN(CC(C)(O)C(F)(F)F)C(C)C. The number of hydrogen-bond donors (Lipinski definition) is 1. The van der Waals surface area contributed by atoms with E-state index in [0.717, 1.165) is 6.92 Å². The van der Waals surface area contributed by atoms with E-state index in [1.807, 2.05) is 0 Å². The molecule has 1 atom stereocenters. The smallest absolute Gasteiger partial charge is 0.380 e. The van der Waals surface area contributed by atoms with Gasteiger partial charge in [0.25, 0.3) is 0 Å². The highest BCUT2D eigenvalue weighted by Gasteiger charge is 2.50. The lowest BCUT2D eigenvalue weighted by Crippen LogP contribution is -2.52. The second-order valence-electron chi connectivity index (χ2n) is 3.93. The van der Waals surface area contributed by atoms with Crippen LogP contribution in [0.5, 0.6) is 0 Å². The maximum absolute atomic E-state index is 12.3. The molecule has 0 heterocycles. The summed E-state index contributed by atoms with van der Waals surface area (Å²) in [4.78, 5) is 1.58. The zero-order chi connectivity index (χ0) is 11.6. The van der Waals surface area contributed by atoms with Gasteiger partial charge in [0.15, 0.2) is 5.60 Å². The van der Waals surface area contributed by atoms with Gasteiger partial charge in [-0.3, -0.25) is 4.90 Å². The largest absolute Gasteiger partial charge is 0.418 e. The Bertz CT molecular complexity index is 177. The number of aliphatic hydroxyl groups is 1. The average Bonchev–Trinajstić information content (AvgIpc) is 1.97. The lowest BCUT2D eigenvalue weighted by atomic mass is 10.1. The van der Waals surface area contributed by atoms with E-state index in [0.29, 0.717) is 6.54 Å². The summed E-state index contributed by atoms with van der Waals surface area (Å²) in [6.07, 6.45) is -4.57. The number of rotatable bonds is 4. The van der Waals surface area contributed by atoms with Crippen LogP contribution in [0.1, 0.15) is 27.7 Å². The summed E-state index contributed by atoms with van der Waals surface area (Å²) < 4.78 is 37.0. The molecule has 5 heteroatoms. The van der Waals surface area contributed by atoms with E-state index in [1.54, 1.807) is 25.7 Å². The zero-order valence-electron chi connectivity index (χ0n) is 9.02. The molecule has 1 N–H and O–H groups in total. The van der Waals surface area contributed by atoms with Crippen molar-refractivity contribution in [2.75, 3.05) is 13.1 Å². The van der Waals surface area contributed by atoms with Crippen molar-refractivity contribution in [2.24, 2.45) is 0 Å². The first-order valence-corrected chi connectivity index (χ1v) is 4.65. The molecule has 0 aromatic carbocycles. The molecule has 0 aliphatic carbocycles. The second-order valence-corrected chi connectivity index (χ2v) is 3.93. The topological polar surface area (TPSA) is 23.5 Å². The summed E-state index contributed by atoms with van der Waals surface area (Å²) >= 11 is 0. The van der Waals surface area contributed by atoms with E-state index in [2.05, 4.69) is 0 Å². The lowest BCUT2D eigenvalue weighted by molar-refractivity contribution is -0.258. The summed E-state index contributed by atoms with van der Waals surface area (Å²) in [6.45, 7) is 6.28. The molecule has 0 aliphatic heterocycles. The van der Waals surface area contributed by atoms with Gasteiger partial charge < -0.3 is 5.11 Å². The second kappa shape index (κ2) is 4.49. The van der Waals surface area contributed by atoms with Crippen LogP contribution in [-0.4, -0.2) is 40.9 Å². The minimum absolute atomic E-state index is 0.00572. The number of halogens is 3. The Kier molecular flexibility index (Phi) is 4.39. The third-order valence-corrected chi connectivity index (χ3v) is 2.26. The quantitative estimate of drug-likeness (QED) is 0.772. The standard InChI is InChI=1S/C9H18F3NO/c1-5-13(7(2)3)6-8(4,14)9(10,11)12/h7,14H,5-6H2,1-4H3. The predicted molar refractivity (Wildman–Crippen MR) is 49.1 cm³/mol. The Balaban J connectivity index is 4.48. The maximum Gasteiger partial charge on any atom is 0.418 e. The van der Waals surface area contributed by atoms with Crippen LogP contribution in [0.4, 0.5) is 13.2 Å². The molecule has 0 aromatic heterocycles. The molecule has 0 aliphatic rings. The van der Waals surface area contributed by atoms with Crippen molar-refractivity contribution in [3.8, 4) is 0 Å². The Labute approximate surface area is 82.7 Å². The highest BCUT2D eigenvalue weighted by molar-refractivity contribution is 4.85. The van der Waals surface area contributed by atoms with Gasteiger partial charge in [-0.15, -0.1) is 0 Å². The van der Waals surface area contributed by atoms with E-state index in [9.17, 15) is 18.3 Å². The Hall–Kier alpha value is -0.290.